The molecule has 0 fully saturated rings. The Balaban J connectivity index is 2.81. The van der Waals surface area contributed by atoms with E-state index in [0.29, 0.717) is 11.6 Å². The average Bonchev–Trinajstić information content (AvgIpc) is 2.53. The largest absolute Gasteiger partial charge is 0.376 e. The van der Waals surface area contributed by atoms with Gasteiger partial charge in [0, 0.05) is 25.0 Å². The third-order valence-corrected chi connectivity index (χ3v) is 3.53. The summed E-state index contributed by atoms with van der Waals surface area (Å²) in [6.07, 6.45) is 3.63. The summed E-state index contributed by atoms with van der Waals surface area (Å²) in [5.74, 6) is 0.0907. The van der Waals surface area contributed by atoms with Crippen molar-refractivity contribution in [1.29, 1.82) is 5.26 Å². The highest BCUT2D eigenvalue weighted by molar-refractivity contribution is 6.06. The SMILES string of the molecule is CCCN(/C=C(/C#N)C(=O)Nc1ccc(C(C)C)cc1)CCC. The maximum atomic E-state index is 12.3. The summed E-state index contributed by atoms with van der Waals surface area (Å²) >= 11 is 0. The zero-order chi connectivity index (χ0) is 17.2. The van der Waals surface area contributed by atoms with E-state index in [9.17, 15) is 10.1 Å². The van der Waals surface area contributed by atoms with Crippen LogP contribution in [0.15, 0.2) is 36.0 Å². The van der Waals surface area contributed by atoms with Crippen LogP contribution in [0.5, 0.6) is 0 Å². The lowest BCUT2D eigenvalue weighted by molar-refractivity contribution is -0.112. The molecule has 1 aromatic rings. The van der Waals surface area contributed by atoms with Crippen molar-refractivity contribution in [2.75, 3.05) is 18.4 Å². The number of rotatable bonds is 8. The van der Waals surface area contributed by atoms with E-state index in [0.717, 1.165) is 25.9 Å². The van der Waals surface area contributed by atoms with Crippen LogP contribution in [0.3, 0.4) is 0 Å². The molecule has 0 heterocycles. The Kier molecular flexibility index (Phi) is 7.90. The van der Waals surface area contributed by atoms with Crippen LogP contribution in [0.2, 0.25) is 0 Å². The highest BCUT2D eigenvalue weighted by atomic mass is 16.1. The van der Waals surface area contributed by atoms with Crippen LogP contribution >= 0.6 is 0 Å². The molecule has 0 unspecified atom stereocenters. The van der Waals surface area contributed by atoms with Crippen LogP contribution in [-0.2, 0) is 4.79 Å². The molecule has 124 valence electrons. The molecule has 0 saturated heterocycles. The van der Waals surface area contributed by atoms with Gasteiger partial charge in [0.2, 0.25) is 0 Å². The predicted molar refractivity (Wildman–Crippen MR) is 95.0 cm³/mol. The van der Waals surface area contributed by atoms with Crippen molar-refractivity contribution in [3.8, 4) is 6.07 Å². The lowest BCUT2D eigenvalue weighted by Gasteiger charge is -2.19. The molecule has 0 bridgehead atoms. The lowest BCUT2D eigenvalue weighted by atomic mass is 10.0. The van der Waals surface area contributed by atoms with Gasteiger partial charge in [-0.3, -0.25) is 4.79 Å². The van der Waals surface area contributed by atoms with Gasteiger partial charge >= 0.3 is 0 Å². The highest BCUT2D eigenvalue weighted by Crippen LogP contribution is 2.17. The van der Waals surface area contributed by atoms with Crippen molar-refractivity contribution in [2.24, 2.45) is 0 Å². The van der Waals surface area contributed by atoms with Crippen LogP contribution in [-0.4, -0.2) is 23.9 Å². The van der Waals surface area contributed by atoms with Crippen LogP contribution in [0.4, 0.5) is 5.69 Å². The van der Waals surface area contributed by atoms with Crippen LogP contribution in [0, 0.1) is 11.3 Å². The molecule has 0 aliphatic heterocycles. The molecule has 23 heavy (non-hydrogen) atoms. The summed E-state index contributed by atoms with van der Waals surface area (Å²) in [6, 6.07) is 9.75. The Bertz CT molecular complexity index is 561. The van der Waals surface area contributed by atoms with Gasteiger partial charge in [-0.2, -0.15) is 5.26 Å². The summed E-state index contributed by atoms with van der Waals surface area (Å²) in [6.45, 7) is 10.1. The number of hydrogen-bond donors (Lipinski definition) is 1. The third kappa shape index (κ3) is 6.15. The average molecular weight is 313 g/mol. The second kappa shape index (κ2) is 9.68. The lowest BCUT2D eigenvalue weighted by Crippen LogP contribution is -2.22. The number of carbonyl (C=O) groups is 1. The Hall–Kier alpha value is -2.28. The van der Waals surface area contributed by atoms with E-state index >= 15 is 0 Å². The molecule has 1 rings (SSSR count). The molecular formula is C19H27N3O. The van der Waals surface area contributed by atoms with Gasteiger partial charge in [-0.1, -0.05) is 39.8 Å². The van der Waals surface area contributed by atoms with Gasteiger partial charge in [0.05, 0.1) is 0 Å². The first kappa shape index (κ1) is 18.8. The fourth-order valence-corrected chi connectivity index (χ4v) is 2.29. The maximum absolute atomic E-state index is 12.3. The molecule has 0 aromatic heterocycles. The number of nitrogens with zero attached hydrogens (tertiary/aromatic N) is 2. The smallest absolute Gasteiger partial charge is 0.267 e. The van der Waals surface area contributed by atoms with Gasteiger partial charge in [0.25, 0.3) is 5.91 Å². The maximum Gasteiger partial charge on any atom is 0.267 e. The van der Waals surface area contributed by atoms with Gasteiger partial charge in [0.1, 0.15) is 11.6 Å². The van der Waals surface area contributed by atoms with Gasteiger partial charge in [0.15, 0.2) is 0 Å². The molecule has 0 radical (unpaired) electrons. The zero-order valence-electron chi connectivity index (χ0n) is 14.6. The molecule has 0 spiro atoms. The summed E-state index contributed by atoms with van der Waals surface area (Å²) in [5, 5.41) is 12.1. The van der Waals surface area contributed by atoms with Crippen molar-refractivity contribution < 1.29 is 4.79 Å². The van der Waals surface area contributed by atoms with E-state index in [2.05, 4.69) is 33.0 Å². The Labute approximate surface area is 139 Å². The second-order valence-electron chi connectivity index (χ2n) is 5.92. The molecule has 0 aliphatic carbocycles. The molecule has 0 atom stereocenters. The van der Waals surface area contributed by atoms with Crippen molar-refractivity contribution >= 4 is 11.6 Å². The number of carbonyl (C=O) groups excluding carboxylic acids is 1. The summed E-state index contributed by atoms with van der Waals surface area (Å²) in [5.41, 5.74) is 2.06. The van der Waals surface area contributed by atoms with Gasteiger partial charge in [-0.15, -0.1) is 0 Å². The normalized spacial score (nSPS) is 11.2. The van der Waals surface area contributed by atoms with Crippen molar-refractivity contribution in [1.82, 2.24) is 4.90 Å². The molecular weight excluding hydrogens is 286 g/mol. The van der Waals surface area contributed by atoms with Crippen molar-refractivity contribution in [3.63, 3.8) is 0 Å². The van der Waals surface area contributed by atoms with E-state index in [-0.39, 0.29) is 11.5 Å². The van der Waals surface area contributed by atoms with E-state index in [1.165, 1.54) is 5.56 Å². The summed E-state index contributed by atoms with van der Waals surface area (Å²) in [7, 11) is 0. The summed E-state index contributed by atoms with van der Waals surface area (Å²) < 4.78 is 0. The Morgan fingerprint density at radius 2 is 1.78 bits per heavy atom. The molecule has 1 amide bonds. The number of anilines is 1. The molecule has 1 N–H and O–H groups in total. The van der Waals surface area contributed by atoms with E-state index in [1.54, 1.807) is 6.20 Å². The van der Waals surface area contributed by atoms with Crippen LogP contribution < -0.4 is 5.32 Å². The van der Waals surface area contributed by atoms with E-state index in [1.807, 2.05) is 35.2 Å². The standard InChI is InChI=1S/C19H27N3O/c1-5-11-22(12-6-2)14-17(13-20)19(23)21-18-9-7-16(8-10-18)15(3)4/h7-10,14-15H,5-6,11-12H2,1-4H3,(H,21,23)/b17-14-. The number of amides is 1. The minimum atomic E-state index is -0.359. The van der Waals surface area contributed by atoms with Gasteiger partial charge in [-0.25, -0.2) is 0 Å². The molecule has 1 aromatic carbocycles. The number of nitrogens with one attached hydrogen (secondary N) is 1. The van der Waals surface area contributed by atoms with Crippen LogP contribution in [0.1, 0.15) is 52.0 Å². The van der Waals surface area contributed by atoms with E-state index < -0.39 is 0 Å². The Morgan fingerprint density at radius 1 is 1.22 bits per heavy atom. The van der Waals surface area contributed by atoms with Crippen LogP contribution in [0.25, 0.3) is 0 Å². The topological polar surface area (TPSA) is 56.1 Å². The second-order valence-corrected chi connectivity index (χ2v) is 5.92. The number of benzene rings is 1. The van der Waals surface area contributed by atoms with Gasteiger partial charge < -0.3 is 10.2 Å². The zero-order valence-corrected chi connectivity index (χ0v) is 14.6. The molecule has 0 aliphatic rings. The molecule has 4 heteroatoms. The van der Waals surface area contributed by atoms with Crippen molar-refractivity contribution in [2.45, 2.75) is 46.5 Å². The first-order chi connectivity index (χ1) is 11.0. The van der Waals surface area contributed by atoms with E-state index in [4.69, 9.17) is 0 Å². The predicted octanol–water partition coefficient (Wildman–Crippen LogP) is 4.28. The first-order valence-electron chi connectivity index (χ1n) is 8.29. The number of hydrogen-bond acceptors (Lipinski definition) is 3. The number of nitriles is 1. The third-order valence-electron chi connectivity index (χ3n) is 3.53. The Morgan fingerprint density at radius 3 is 2.22 bits per heavy atom. The molecule has 0 saturated carbocycles. The highest BCUT2D eigenvalue weighted by Gasteiger charge is 2.11. The molecule has 4 nitrogen and oxygen atoms in total. The minimum Gasteiger partial charge on any atom is -0.376 e. The first-order valence-corrected chi connectivity index (χ1v) is 8.29. The van der Waals surface area contributed by atoms with Crippen molar-refractivity contribution in [3.05, 3.63) is 41.6 Å². The minimum absolute atomic E-state index is 0.139. The quantitative estimate of drug-likeness (QED) is 0.576. The summed E-state index contributed by atoms with van der Waals surface area (Å²) in [4.78, 5) is 14.3. The van der Waals surface area contributed by atoms with Gasteiger partial charge in [-0.05, 0) is 36.5 Å². The fraction of sp³-hybridized carbons (Fsp3) is 0.474. The fourth-order valence-electron chi connectivity index (χ4n) is 2.29. The monoisotopic (exact) mass is 313 g/mol.